The summed E-state index contributed by atoms with van der Waals surface area (Å²) in [4.78, 5) is 64.1. The molecular formula is C27H39BrN4O7. The van der Waals surface area contributed by atoms with Crippen LogP contribution in [0.2, 0.25) is 0 Å². The van der Waals surface area contributed by atoms with Crippen molar-refractivity contribution in [3.8, 4) is 0 Å². The van der Waals surface area contributed by atoms with Crippen molar-refractivity contribution >= 4 is 45.5 Å². The molecule has 2 fully saturated rings. The number of nitrogens with two attached hydrogens (primary N) is 1. The van der Waals surface area contributed by atoms with Crippen LogP contribution in [0.25, 0.3) is 0 Å². The second kappa shape index (κ2) is 15.2. The Bertz CT molecular complexity index is 1020. The Kier molecular flexibility index (Phi) is 12.0. The van der Waals surface area contributed by atoms with Crippen LogP contribution < -0.4 is 16.4 Å². The average Bonchev–Trinajstić information content (AvgIpc) is 3.37. The molecule has 2 aliphatic rings. The lowest BCUT2D eigenvalue weighted by Gasteiger charge is -2.31. The first-order chi connectivity index (χ1) is 18.7. The summed E-state index contributed by atoms with van der Waals surface area (Å²) in [6, 6.07) is 0.679. The average molecular weight is 612 g/mol. The molecule has 11 nitrogen and oxygen atoms in total. The van der Waals surface area contributed by atoms with Gasteiger partial charge < -0.3 is 25.9 Å². The number of furan rings is 1. The molecule has 39 heavy (non-hydrogen) atoms. The van der Waals surface area contributed by atoms with Gasteiger partial charge in [0.15, 0.2) is 10.4 Å². The van der Waals surface area contributed by atoms with Gasteiger partial charge in [0.25, 0.3) is 5.91 Å². The fraction of sp³-hybridized carbons (Fsp3) is 0.667. The first-order valence-electron chi connectivity index (χ1n) is 13.8. The van der Waals surface area contributed by atoms with E-state index in [2.05, 4.69) is 26.6 Å². The molecule has 1 aromatic rings. The van der Waals surface area contributed by atoms with E-state index in [0.717, 1.165) is 57.8 Å². The Morgan fingerprint density at radius 1 is 0.923 bits per heavy atom. The van der Waals surface area contributed by atoms with Gasteiger partial charge in [-0.2, -0.15) is 0 Å². The minimum Gasteiger partial charge on any atom is -0.480 e. The number of amides is 4. The molecule has 4 amide bonds. The highest BCUT2D eigenvalue weighted by Crippen LogP contribution is 2.30. The number of carbonyl (C=O) groups excluding carboxylic acids is 4. The van der Waals surface area contributed by atoms with Crippen molar-refractivity contribution < 1.29 is 33.5 Å². The summed E-state index contributed by atoms with van der Waals surface area (Å²) in [6.07, 6.45) is 10.9. The first kappa shape index (κ1) is 30.8. The molecule has 5 N–H and O–H groups in total. The zero-order valence-corrected chi connectivity index (χ0v) is 23.7. The molecule has 0 radical (unpaired) electrons. The van der Waals surface area contributed by atoms with E-state index in [1.54, 1.807) is 0 Å². The van der Waals surface area contributed by atoms with Crippen molar-refractivity contribution in [1.82, 2.24) is 15.5 Å². The Hall–Kier alpha value is -2.73. The molecule has 2 atom stereocenters. The maximum Gasteiger partial charge on any atom is 0.326 e. The monoisotopic (exact) mass is 610 g/mol. The van der Waals surface area contributed by atoms with Crippen LogP contribution in [-0.4, -0.2) is 64.8 Å². The number of imide groups is 1. The van der Waals surface area contributed by atoms with E-state index in [4.69, 9.17) is 10.2 Å². The van der Waals surface area contributed by atoms with E-state index in [9.17, 15) is 29.1 Å². The van der Waals surface area contributed by atoms with Crippen molar-refractivity contribution in [3.05, 3.63) is 22.6 Å². The molecule has 0 saturated heterocycles. The summed E-state index contributed by atoms with van der Waals surface area (Å²) in [5.74, 6) is -3.92. The SMILES string of the molecule is N[C@@H](CC1CCCCC1)C(=O)NCC(=O)NCC(=O)N(C(=O)c1ccc(Br)o1)[C@@H](CC1CCCCC1)C(=O)O. The summed E-state index contributed by atoms with van der Waals surface area (Å²) in [6.45, 7) is -1.01. The number of hydrogen-bond donors (Lipinski definition) is 4. The van der Waals surface area contributed by atoms with E-state index in [0.29, 0.717) is 17.2 Å². The zero-order valence-electron chi connectivity index (χ0n) is 22.2. The van der Waals surface area contributed by atoms with Crippen LogP contribution in [0.3, 0.4) is 0 Å². The minimum absolute atomic E-state index is 0.0638. The lowest BCUT2D eigenvalue weighted by molar-refractivity contribution is -0.148. The summed E-state index contributed by atoms with van der Waals surface area (Å²) in [5, 5.41) is 14.8. The Balaban J connectivity index is 1.59. The van der Waals surface area contributed by atoms with E-state index < -0.39 is 54.8 Å². The number of aliphatic carboxylic acids is 1. The zero-order chi connectivity index (χ0) is 28.4. The smallest absolute Gasteiger partial charge is 0.326 e. The maximum atomic E-state index is 13.2. The second-order valence-corrected chi connectivity index (χ2v) is 11.4. The fourth-order valence-electron chi connectivity index (χ4n) is 5.54. The Morgan fingerprint density at radius 2 is 1.51 bits per heavy atom. The van der Waals surface area contributed by atoms with Gasteiger partial charge in [-0.3, -0.25) is 24.1 Å². The minimum atomic E-state index is -1.41. The summed E-state index contributed by atoms with van der Waals surface area (Å²) in [5.41, 5.74) is 6.02. The molecule has 12 heteroatoms. The van der Waals surface area contributed by atoms with E-state index in [-0.39, 0.29) is 22.8 Å². The normalized spacial score (nSPS) is 18.1. The van der Waals surface area contributed by atoms with E-state index >= 15 is 0 Å². The fourth-order valence-corrected chi connectivity index (χ4v) is 5.85. The molecule has 1 aromatic heterocycles. The molecule has 0 unspecified atom stereocenters. The van der Waals surface area contributed by atoms with Crippen LogP contribution in [0.1, 0.15) is 87.6 Å². The van der Waals surface area contributed by atoms with Crippen molar-refractivity contribution in [2.75, 3.05) is 13.1 Å². The van der Waals surface area contributed by atoms with Gasteiger partial charge in [0.2, 0.25) is 17.7 Å². The molecule has 2 saturated carbocycles. The predicted octanol–water partition coefficient (Wildman–Crippen LogP) is 2.96. The molecule has 216 valence electrons. The molecule has 3 rings (SSSR count). The van der Waals surface area contributed by atoms with Crippen LogP contribution in [0.4, 0.5) is 0 Å². The molecule has 0 bridgehead atoms. The van der Waals surface area contributed by atoms with Gasteiger partial charge in [-0.05, 0) is 52.7 Å². The molecule has 0 aromatic carbocycles. The number of nitrogens with one attached hydrogen (secondary N) is 2. The van der Waals surface area contributed by atoms with Gasteiger partial charge in [-0.25, -0.2) is 4.79 Å². The van der Waals surface area contributed by atoms with Crippen molar-refractivity contribution in [3.63, 3.8) is 0 Å². The first-order valence-corrected chi connectivity index (χ1v) is 14.6. The topological polar surface area (TPSA) is 172 Å². The standard InChI is InChI=1S/C27H39BrN4O7/c28-22-12-11-21(39-22)26(36)32(20(27(37)38)14-18-9-5-2-6-10-18)24(34)16-30-23(33)15-31-25(35)19(29)13-17-7-3-1-4-8-17/h11-12,17-20H,1-10,13-16,29H2,(H,30,33)(H,31,35)(H,37,38)/t19-,20-/m0/s1. The third kappa shape index (κ3) is 9.45. The summed E-state index contributed by atoms with van der Waals surface area (Å²) in [7, 11) is 0. The summed E-state index contributed by atoms with van der Waals surface area (Å²) < 4.78 is 5.55. The lowest BCUT2D eigenvalue weighted by atomic mass is 9.84. The molecule has 0 spiro atoms. The quantitative estimate of drug-likeness (QED) is 0.279. The Morgan fingerprint density at radius 3 is 2.05 bits per heavy atom. The maximum absolute atomic E-state index is 13.2. The number of nitrogens with zero attached hydrogens (tertiary/aromatic N) is 1. The van der Waals surface area contributed by atoms with Crippen LogP contribution in [0, 0.1) is 11.8 Å². The van der Waals surface area contributed by atoms with Crippen LogP contribution in [0.15, 0.2) is 21.2 Å². The van der Waals surface area contributed by atoms with E-state index in [1.165, 1.54) is 18.6 Å². The van der Waals surface area contributed by atoms with E-state index in [1.807, 2.05) is 0 Å². The third-order valence-electron chi connectivity index (χ3n) is 7.66. The Labute approximate surface area is 236 Å². The van der Waals surface area contributed by atoms with Crippen molar-refractivity contribution in [1.29, 1.82) is 0 Å². The second-order valence-electron chi connectivity index (χ2n) is 10.6. The third-order valence-corrected chi connectivity index (χ3v) is 8.08. The van der Waals surface area contributed by atoms with Gasteiger partial charge in [-0.1, -0.05) is 64.2 Å². The molecule has 2 aliphatic carbocycles. The highest BCUT2D eigenvalue weighted by molar-refractivity contribution is 9.10. The van der Waals surface area contributed by atoms with Crippen molar-refractivity contribution in [2.24, 2.45) is 17.6 Å². The van der Waals surface area contributed by atoms with Crippen molar-refractivity contribution in [2.45, 2.75) is 89.1 Å². The van der Waals surface area contributed by atoms with Crippen LogP contribution in [-0.2, 0) is 19.2 Å². The number of carboxylic acids is 1. The predicted molar refractivity (Wildman–Crippen MR) is 145 cm³/mol. The highest BCUT2D eigenvalue weighted by Gasteiger charge is 2.38. The van der Waals surface area contributed by atoms with Gasteiger partial charge in [0, 0.05) is 0 Å². The van der Waals surface area contributed by atoms with Gasteiger partial charge in [0.1, 0.15) is 6.04 Å². The molecule has 0 aliphatic heterocycles. The lowest BCUT2D eigenvalue weighted by Crippen LogP contribution is -2.53. The molecule has 1 heterocycles. The number of halogens is 1. The van der Waals surface area contributed by atoms with Crippen LogP contribution in [0.5, 0.6) is 0 Å². The number of rotatable bonds is 12. The highest BCUT2D eigenvalue weighted by atomic mass is 79.9. The summed E-state index contributed by atoms with van der Waals surface area (Å²) >= 11 is 3.11. The van der Waals surface area contributed by atoms with Gasteiger partial charge >= 0.3 is 5.97 Å². The largest absolute Gasteiger partial charge is 0.480 e. The van der Waals surface area contributed by atoms with Gasteiger partial charge in [0.05, 0.1) is 19.1 Å². The number of carbonyl (C=O) groups is 5. The number of carboxylic acid groups (broad SMARTS) is 1. The number of hydrogen-bond acceptors (Lipinski definition) is 7. The van der Waals surface area contributed by atoms with Gasteiger partial charge in [-0.15, -0.1) is 0 Å². The molecular weight excluding hydrogens is 572 g/mol. The van der Waals surface area contributed by atoms with Crippen LogP contribution >= 0.6 is 15.9 Å².